The molecule has 0 spiro atoms. The molecule has 176 valence electrons. The second kappa shape index (κ2) is 12.8. The number of hydrogen-bond donors (Lipinski definition) is 4. The maximum atomic E-state index is 13.3. The zero-order valence-electron chi connectivity index (χ0n) is 18.9. The molecule has 0 aromatic heterocycles. The first-order valence-electron chi connectivity index (χ1n) is 10.4. The molecule has 3 N–H and O–H groups in total. The summed E-state index contributed by atoms with van der Waals surface area (Å²) in [6.45, 7) is 7.06. The fraction of sp³-hybridized carbons (Fsp3) is 0.545. The van der Waals surface area contributed by atoms with E-state index in [9.17, 15) is 24.8 Å². The predicted molar refractivity (Wildman–Crippen MR) is 123 cm³/mol. The Labute approximate surface area is 194 Å². The highest BCUT2D eigenvalue weighted by molar-refractivity contribution is 7.80. The Morgan fingerprint density at radius 1 is 1.25 bits per heavy atom. The SMILES string of the molecule is CCCCNC(=O)C(c1ccc(O)cc1)N(CC#N)C(=O)C(CS)NC(=O)OC(C)(C)C. The van der Waals surface area contributed by atoms with Gasteiger partial charge >= 0.3 is 6.09 Å². The zero-order valence-corrected chi connectivity index (χ0v) is 19.8. The van der Waals surface area contributed by atoms with Crippen LogP contribution in [-0.2, 0) is 14.3 Å². The average molecular weight is 465 g/mol. The number of thiol groups is 1. The fourth-order valence-electron chi connectivity index (χ4n) is 2.82. The molecule has 2 unspecified atom stereocenters. The first-order chi connectivity index (χ1) is 15.0. The van der Waals surface area contributed by atoms with E-state index in [1.54, 1.807) is 20.8 Å². The molecule has 1 aromatic rings. The lowest BCUT2D eigenvalue weighted by Crippen LogP contribution is -2.54. The second-order valence-electron chi connectivity index (χ2n) is 8.14. The van der Waals surface area contributed by atoms with Gasteiger partial charge in [-0.3, -0.25) is 9.59 Å². The van der Waals surface area contributed by atoms with Gasteiger partial charge in [0, 0.05) is 12.3 Å². The van der Waals surface area contributed by atoms with E-state index in [0.29, 0.717) is 12.1 Å². The zero-order chi connectivity index (χ0) is 24.3. The number of rotatable bonds is 10. The van der Waals surface area contributed by atoms with Crippen molar-refractivity contribution in [2.45, 2.75) is 58.2 Å². The van der Waals surface area contributed by atoms with Crippen molar-refractivity contribution >= 4 is 30.5 Å². The summed E-state index contributed by atoms with van der Waals surface area (Å²) in [6.07, 6.45) is 0.807. The summed E-state index contributed by atoms with van der Waals surface area (Å²) < 4.78 is 5.20. The van der Waals surface area contributed by atoms with Crippen LogP contribution < -0.4 is 10.6 Å². The van der Waals surface area contributed by atoms with E-state index >= 15 is 0 Å². The van der Waals surface area contributed by atoms with Crippen LogP contribution >= 0.6 is 12.6 Å². The number of nitrogens with one attached hydrogen (secondary N) is 2. The molecule has 9 nitrogen and oxygen atoms in total. The van der Waals surface area contributed by atoms with Crippen molar-refractivity contribution in [3.63, 3.8) is 0 Å². The lowest BCUT2D eigenvalue weighted by atomic mass is 10.0. The summed E-state index contributed by atoms with van der Waals surface area (Å²) >= 11 is 4.16. The number of phenolic OH excluding ortho intramolecular Hbond substituents is 1. The van der Waals surface area contributed by atoms with Crippen LogP contribution in [-0.4, -0.2) is 58.4 Å². The van der Waals surface area contributed by atoms with Crippen molar-refractivity contribution in [3.8, 4) is 11.8 Å². The lowest BCUT2D eigenvalue weighted by Gasteiger charge is -2.32. The van der Waals surface area contributed by atoms with Crippen LogP contribution in [0.4, 0.5) is 4.79 Å². The van der Waals surface area contributed by atoms with Gasteiger partial charge in [0.05, 0.1) is 6.07 Å². The molecule has 0 radical (unpaired) electrons. The van der Waals surface area contributed by atoms with Crippen LogP contribution in [0.15, 0.2) is 24.3 Å². The Bertz CT molecular complexity index is 817. The van der Waals surface area contributed by atoms with Gasteiger partial charge in [0.25, 0.3) is 0 Å². The molecule has 0 fully saturated rings. The van der Waals surface area contributed by atoms with Crippen LogP contribution in [0.5, 0.6) is 5.75 Å². The fourth-order valence-corrected chi connectivity index (χ4v) is 3.07. The number of phenols is 1. The molecule has 0 saturated carbocycles. The summed E-state index contributed by atoms with van der Waals surface area (Å²) in [7, 11) is 0. The maximum absolute atomic E-state index is 13.3. The number of aromatic hydroxyl groups is 1. The van der Waals surface area contributed by atoms with Crippen LogP contribution in [0.3, 0.4) is 0 Å². The summed E-state index contributed by atoms with van der Waals surface area (Å²) in [5.41, 5.74) is -0.357. The van der Waals surface area contributed by atoms with Crippen molar-refractivity contribution in [2.24, 2.45) is 0 Å². The van der Waals surface area contributed by atoms with Gasteiger partial charge < -0.3 is 25.4 Å². The Kier molecular flexibility index (Phi) is 10.9. The van der Waals surface area contributed by atoms with Gasteiger partial charge in [-0.05, 0) is 44.9 Å². The minimum Gasteiger partial charge on any atom is -0.508 e. The average Bonchev–Trinajstić information content (AvgIpc) is 2.71. The summed E-state index contributed by atoms with van der Waals surface area (Å²) in [6, 6.07) is 5.46. The van der Waals surface area contributed by atoms with Gasteiger partial charge in [0.15, 0.2) is 0 Å². The molecule has 0 aliphatic carbocycles. The quantitative estimate of drug-likeness (QED) is 0.239. The molecular weight excluding hydrogens is 432 g/mol. The Morgan fingerprint density at radius 3 is 2.38 bits per heavy atom. The number of carbonyl (C=O) groups is 3. The third kappa shape index (κ3) is 8.67. The highest BCUT2D eigenvalue weighted by Gasteiger charge is 2.35. The smallest absolute Gasteiger partial charge is 0.408 e. The van der Waals surface area contributed by atoms with Crippen molar-refractivity contribution in [1.29, 1.82) is 5.26 Å². The Hall–Kier alpha value is -2.93. The van der Waals surface area contributed by atoms with Gasteiger partial charge in [-0.2, -0.15) is 17.9 Å². The molecule has 32 heavy (non-hydrogen) atoms. The van der Waals surface area contributed by atoms with E-state index < -0.39 is 42.1 Å². The first kappa shape index (κ1) is 27.1. The molecule has 0 aliphatic heterocycles. The van der Waals surface area contributed by atoms with Gasteiger partial charge in [-0.15, -0.1) is 0 Å². The van der Waals surface area contributed by atoms with E-state index in [4.69, 9.17) is 4.74 Å². The number of benzene rings is 1. The predicted octanol–water partition coefficient (Wildman–Crippen LogP) is 2.52. The molecule has 3 amide bonds. The number of amides is 3. The second-order valence-corrected chi connectivity index (χ2v) is 8.51. The molecule has 0 bridgehead atoms. The first-order valence-corrected chi connectivity index (χ1v) is 11.0. The van der Waals surface area contributed by atoms with Gasteiger partial charge in [-0.25, -0.2) is 4.79 Å². The highest BCUT2D eigenvalue weighted by Crippen LogP contribution is 2.24. The summed E-state index contributed by atoms with van der Waals surface area (Å²) in [4.78, 5) is 39.6. The molecule has 1 aromatic carbocycles. The van der Waals surface area contributed by atoms with Gasteiger partial charge in [-0.1, -0.05) is 25.5 Å². The molecule has 0 heterocycles. The lowest BCUT2D eigenvalue weighted by molar-refractivity contribution is -0.141. The molecule has 2 atom stereocenters. The molecule has 1 rings (SSSR count). The summed E-state index contributed by atoms with van der Waals surface area (Å²) in [5, 5.41) is 24.2. The summed E-state index contributed by atoms with van der Waals surface area (Å²) in [5.74, 6) is -1.20. The minimum absolute atomic E-state index is 0.00289. The molecular formula is C22H32N4O5S. The molecule has 0 aliphatic rings. The van der Waals surface area contributed by atoms with E-state index in [-0.39, 0.29) is 11.5 Å². The van der Waals surface area contributed by atoms with Crippen molar-refractivity contribution in [3.05, 3.63) is 29.8 Å². The van der Waals surface area contributed by atoms with Crippen molar-refractivity contribution in [2.75, 3.05) is 18.8 Å². The number of nitrogens with zero attached hydrogens (tertiary/aromatic N) is 2. The van der Waals surface area contributed by atoms with Crippen LogP contribution in [0.2, 0.25) is 0 Å². The van der Waals surface area contributed by atoms with Crippen LogP contribution in [0.25, 0.3) is 0 Å². The van der Waals surface area contributed by atoms with Crippen molar-refractivity contribution < 1.29 is 24.2 Å². The standard InChI is InChI=1S/C22H32N4O5S/c1-5-6-12-24-19(28)18(15-7-9-16(27)10-8-15)26(13-11-23)20(29)17(14-32)25-21(30)31-22(2,3)4/h7-10,17-18,27,32H,5-6,12-14H2,1-4H3,(H,24,28)(H,25,30). The number of ether oxygens (including phenoxy) is 1. The number of unbranched alkanes of at least 4 members (excludes halogenated alkanes) is 1. The molecule has 10 heteroatoms. The third-order valence-electron chi connectivity index (χ3n) is 4.29. The number of nitriles is 1. The van der Waals surface area contributed by atoms with Crippen LogP contribution in [0, 0.1) is 11.3 Å². The monoisotopic (exact) mass is 464 g/mol. The number of hydrogen-bond acceptors (Lipinski definition) is 7. The largest absolute Gasteiger partial charge is 0.508 e. The Morgan fingerprint density at radius 2 is 1.88 bits per heavy atom. The van der Waals surface area contributed by atoms with E-state index in [2.05, 4.69) is 23.3 Å². The highest BCUT2D eigenvalue weighted by atomic mass is 32.1. The topological polar surface area (TPSA) is 132 Å². The minimum atomic E-state index is -1.14. The van der Waals surface area contributed by atoms with Crippen molar-refractivity contribution in [1.82, 2.24) is 15.5 Å². The Balaban J connectivity index is 3.25. The van der Waals surface area contributed by atoms with E-state index in [1.807, 2.05) is 13.0 Å². The van der Waals surface area contributed by atoms with E-state index in [0.717, 1.165) is 17.7 Å². The van der Waals surface area contributed by atoms with Gasteiger partial charge in [0.1, 0.15) is 30.0 Å². The number of alkyl carbamates (subject to hydrolysis) is 1. The normalized spacial score (nSPS) is 12.8. The number of carbonyl (C=O) groups excluding carboxylic acids is 3. The maximum Gasteiger partial charge on any atom is 0.408 e. The third-order valence-corrected chi connectivity index (χ3v) is 4.66. The van der Waals surface area contributed by atoms with E-state index in [1.165, 1.54) is 24.3 Å². The van der Waals surface area contributed by atoms with Gasteiger partial charge in [0.2, 0.25) is 11.8 Å². The molecule has 0 saturated heterocycles. The van der Waals surface area contributed by atoms with Crippen LogP contribution in [0.1, 0.15) is 52.1 Å².